The van der Waals surface area contributed by atoms with Gasteiger partial charge in [0.25, 0.3) is 0 Å². The molecule has 2 saturated carbocycles. The summed E-state index contributed by atoms with van der Waals surface area (Å²) in [5, 5.41) is 3.54. The van der Waals surface area contributed by atoms with Gasteiger partial charge in [-0.15, -0.1) is 0 Å². The van der Waals surface area contributed by atoms with Crippen LogP contribution >= 0.6 is 0 Å². The van der Waals surface area contributed by atoms with Gasteiger partial charge in [-0.25, -0.2) is 4.79 Å². The lowest BCUT2D eigenvalue weighted by Crippen LogP contribution is -2.40. The predicted molar refractivity (Wildman–Crippen MR) is 73.6 cm³/mol. The van der Waals surface area contributed by atoms with Gasteiger partial charge in [0.05, 0.1) is 7.11 Å². The standard InChI is InChI=1S/C16H21NO2/c1-19-16(18)15(12-5-3-2-4-6-12)17-14-10-11-7-8-13(14)9-11/h2-6,11,13-15,17H,7-10H2,1H3. The van der Waals surface area contributed by atoms with E-state index in [1.807, 2.05) is 30.3 Å². The number of carbonyl (C=O) groups is 1. The van der Waals surface area contributed by atoms with Crippen LogP contribution in [0.4, 0.5) is 0 Å². The fourth-order valence-corrected chi connectivity index (χ4v) is 3.73. The molecule has 2 aliphatic carbocycles. The first-order valence-electron chi connectivity index (χ1n) is 7.16. The SMILES string of the molecule is COC(=O)C(NC1CC2CCC1C2)c1ccccc1. The maximum atomic E-state index is 12.0. The molecule has 4 atom stereocenters. The van der Waals surface area contributed by atoms with Gasteiger partial charge in [0.2, 0.25) is 0 Å². The van der Waals surface area contributed by atoms with Gasteiger partial charge < -0.3 is 4.74 Å². The first kappa shape index (κ1) is 12.7. The van der Waals surface area contributed by atoms with Crippen molar-refractivity contribution in [1.82, 2.24) is 5.32 Å². The summed E-state index contributed by atoms with van der Waals surface area (Å²) in [6.07, 6.45) is 5.23. The molecule has 0 saturated heterocycles. The summed E-state index contributed by atoms with van der Waals surface area (Å²) < 4.78 is 4.96. The van der Waals surface area contributed by atoms with E-state index in [-0.39, 0.29) is 12.0 Å². The first-order valence-corrected chi connectivity index (χ1v) is 7.16. The van der Waals surface area contributed by atoms with Gasteiger partial charge in [-0.3, -0.25) is 5.32 Å². The lowest BCUT2D eigenvalue weighted by atomic mass is 9.94. The smallest absolute Gasteiger partial charge is 0.327 e. The topological polar surface area (TPSA) is 38.3 Å². The number of rotatable bonds is 4. The van der Waals surface area contributed by atoms with Crippen molar-refractivity contribution in [3.05, 3.63) is 35.9 Å². The highest BCUT2D eigenvalue weighted by Gasteiger charge is 2.41. The monoisotopic (exact) mass is 259 g/mol. The molecule has 1 aromatic carbocycles. The molecule has 102 valence electrons. The number of fused-ring (bicyclic) bond motifs is 2. The molecule has 3 heteroatoms. The third-order valence-corrected chi connectivity index (χ3v) is 4.69. The van der Waals surface area contributed by atoms with E-state index >= 15 is 0 Å². The Morgan fingerprint density at radius 3 is 2.63 bits per heavy atom. The molecule has 0 aliphatic heterocycles. The van der Waals surface area contributed by atoms with Crippen LogP contribution in [0, 0.1) is 11.8 Å². The van der Waals surface area contributed by atoms with E-state index in [4.69, 9.17) is 4.74 Å². The number of carbonyl (C=O) groups excluding carboxylic acids is 1. The quantitative estimate of drug-likeness (QED) is 0.845. The van der Waals surface area contributed by atoms with E-state index in [0.29, 0.717) is 6.04 Å². The molecule has 0 amide bonds. The van der Waals surface area contributed by atoms with E-state index in [1.54, 1.807) is 0 Å². The normalized spacial score (nSPS) is 30.3. The van der Waals surface area contributed by atoms with Gasteiger partial charge in [-0.2, -0.15) is 0 Å². The van der Waals surface area contributed by atoms with Crippen LogP contribution in [0.15, 0.2) is 30.3 Å². The Morgan fingerprint density at radius 1 is 1.26 bits per heavy atom. The number of esters is 1. The van der Waals surface area contributed by atoms with Crippen LogP contribution in [0.5, 0.6) is 0 Å². The molecule has 0 spiro atoms. The van der Waals surface area contributed by atoms with E-state index in [9.17, 15) is 4.79 Å². The molecule has 0 heterocycles. The Hall–Kier alpha value is -1.35. The molecule has 2 aliphatic rings. The second kappa shape index (κ2) is 5.33. The number of hydrogen-bond donors (Lipinski definition) is 1. The largest absolute Gasteiger partial charge is 0.468 e. The van der Waals surface area contributed by atoms with Crippen LogP contribution < -0.4 is 5.32 Å². The lowest BCUT2D eigenvalue weighted by Gasteiger charge is -2.27. The van der Waals surface area contributed by atoms with Gasteiger partial charge in [0, 0.05) is 6.04 Å². The molecule has 3 rings (SSSR count). The van der Waals surface area contributed by atoms with Gasteiger partial charge in [0.1, 0.15) is 6.04 Å². The minimum absolute atomic E-state index is 0.186. The fraction of sp³-hybridized carbons (Fsp3) is 0.562. The Balaban J connectivity index is 1.75. The molecule has 0 radical (unpaired) electrons. The fourth-order valence-electron chi connectivity index (χ4n) is 3.73. The molecule has 1 aromatic rings. The van der Waals surface area contributed by atoms with E-state index < -0.39 is 0 Å². The summed E-state index contributed by atoms with van der Waals surface area (Å²) in [5.74, 6) is 1.44. The highest BCUT2D eigenvalue weighted by molar-refractivity contribution is 5.77. The van der Waals surface area contributed by atoms with Crippen LogP contribution in [0.3, 0.4) is 0 Å². The molecule has 2 bridgehead atoms. The molecular weight excluding hydrogens is 238 g/mol. The number of hydrogen-bond acceptors (Lipinski definition) is 3. The van der Waals surface area contributed by atoms with Gasteiger partial charge in [0.15, 0.2) is 0 Å². The third kappa shape index (κ3) is 2.52. The highest BCUT2D eigenvalue weighted by Crippen LogP contribution is 2.45. The van der Waals surface area contributed by atoms with Gasteiger partial charge >= 0.3 is 5.97 Å². The van der Waals surface area contributed by atoms with Crippen molar-refractivity contribution in [2.45, 2.75) is 37.8 Å². The summed E-state index contributed by atoms with van der Waals surface area (Å²) in [4.78, 5) is 12.0. The van der Waals surface area contributed by atoms with E-state index in [1.165, 1.54) is 32.8 Å². The summed E-state index contributed by atoms with van der Waals surface area (Å²) in [6.45, 7) is 0. The molecule has 2 fully saturated rings. The van der Waals surface area contributed by atoms with E-state index in [2.05, 4.69) is 5.32 Å². The molecular formula is C16H21NO2. The lowest BCUT2D eigenvalue weighted by molar-refractivity contribution is -0.143. The molecule has 4 unspecified atom stereocenters. The Morgan fingerprint density at radius 2 is 2.05 bits per heavy atom. The van der Waals surface area contributed by atoms with Gasteiger partial charge in [-0.05, 0) is 36.7 Å². The highest BCUT2D eigenvalue weighted by atomic mass is 16.5. The number of ether oxygens (including phenoxy) is 1. The van der Waals surface area contributed by atoms with E-state index in [0.717, 1.165) is 17.4 Å². The van der Waals surface area contributed by atoms with Crippen molar-refractivity contribution >= 4 is 5.97 Å². The van der Waals surface area contributed by atoms with Crippen molar-refractivity contribution in [1.29, 1.82) is 0 Å². The van der Waals surface area contributed by atoms with Gasteiger partial charge in [-0.1, -0.05) is 36.8 Å². The van der Waals surface area contributed by atoms with Crippen LogP contribution in [0.25, 0.3) is 0 Å². The third-order valence-electron chi connectivity index (χ3n) is 4.69. The second-order valence-electron chi connectivity index (χ2n) is 5.81. The Labute approximate surface area is 114 Å². The van der Waals surface area contributed by atoms with Crippen LogP contribution in [-0.4, -0.2) is 19.1 Å². The van der Waals surface area contributed by atoms with Crippen molar-refractivity contribution in [3.63, 3.8) is 0 Å². The maximum absolute atomic E-state index is 12.0. The molecule has 1 N–H and O–H groups in total. The van der Waals surface area contributed by atoms with Crippen molar-refractivity contribution in [3.8, 4) is 0 Å². The minimum Gasteiger partial charge on any atom is -0.468 e. The van der Waals surface area contributed by atoms with Crippen LogP contribution in [0.1, 0.15) is 37.3 Å². The first-order chi connectivity index (χ1) is 9.28. The van der Waals surface area contributed by atoms with Crippen LogP contribution in [0.2, 0.25) is 0 Å². The molecule has 19 heavy (non-hydrogen) atoms. The second-order valence-corrected chi connectivity index (χ2v) is 5.81. The average Bonchev–Trinajstić information content (AvgIpc) is 3.07. The summed E-state index contributed by atoms with van der Waals surface area (Å²) >= 11 is 0. The zero-order valence-corrected chi connectivity index (χ0v) is 11.3. The molecule has 3 nitrogen and oxygen atoms in total. The maximum Gasteiger partial charge on any atom is 0.327 e. The van der Waals surface area contributed by atoms with Crippen LogP contribution in [-0.2, 0) is 9.53 Å². The Bertz CT molecular complexity index is 445. The number of methoxy groups -OCH3 is 1. The minimum atomic E-state index is -0.324. The average molecular weight is 259 g/mol. The van der Waals surface area contributed by atoms with Crippen molar-refractivity contribution in [2.24, 2.45) is 11.8 Å². The Kier molecular flexibility index (Phi) is 3.56. The van der Waals surface area contributed by atoms with Crippen molar-refractivity contribution < 1.29 is 9.53 Å². The predicted octanol–water partition coefficient (Wildman–Crippen LogP) is 2.68. The summed E-state index contributed by atoms with van der Waals surface area (Å²) in [5.41, 5.74) is 0.997. The summed E-state index contributed by atoms with van der Waals surface area (Å²) in [7, 11) is 1.46. The summed E-state index contributed by atoms with van der Waals surface area (Å²) in [6, 6.07) is 10.0. The zero-order chi connectivity index (χ0) is 13.2. The van der Waals surface area contributed by atoms with Crippen molar-refractivity contribution in [2.75, 3.05) is 7.11 Å². The number of benzene rings is 1. The molecule has 0 aromatic heterocycles. The zero-order valence-electron chi connectivity index (χ0n) is 11.3. The number of nitrogens with one attached hydrogen (secondary N) is 1.